The third kappa shape index (κ3) is 2.97. The number of hydrogen-bond donors (Lipinski definition) is 1. The predicted octanol–water partition coefficient (Wildman–Crippen LogP) is 1.21. The molecule has 0 saturated heterocycles. The zero-order chi connectivity index (χ0) is 8.15. The molecule has 0 rings (SSSR count). The van der Waals surface area contributed by atoms with Crippen LogP contribution in [-0.2, 0) is 4.79 Å². The van der Waals surface area contributed by atoms with Crippen LogP contribution in [0, 0.1) is 5.92 Å². The number of ketones is 1. The van der Waals surface area contributed by atoms with Gasteiger partial charge in [0.25, 0.3) is 0 Å². The quantitative estimate of drug-likeness (QED) is 0.641. The predicted molar refractivity (Wildman–Crippen MR) is 43.0 cm³/mol. The Balaban J connectivity index is 3.71. The summed E-state index contributed by atoms with van der Waals surface area (Å²) in [5.41, 5.74) is 0. The van der Waals surface area contributed by atoms with Crippen LogP contribution in [0.1, 0.15) is 27.7 Å². The van der Waals surface area contributed by atoms with Crippen LogP contribution in [0.15, 0.2) is 0 Å². The van der Waals surface area contributed by atoms with E-state index in [1.165, 1.54) is 0 Å². The van der Waals surface area contributed by atoms with Crippen LogP contribution in [0.3, 0.4) is 0 Å². The van der Waals surface area contributed by atoms with E-state index < -0.39 is 0 Å². The van der Waals surface area contributed by atoms with Gasteiger partial charge >= 0.3 is 0 Å². The molecule has 0 aliphatic carbocycles. The van der Waals surface area contributed by atoms with Crippen molar-refractivity contribution in [1.29, 1.82) is 0 Å². The Labute approximate surface area is 63.0 Å². The summed E-state index contributed by atoms with van der Waals surface area (Å²) in [6.45, 7) is 8.63. The van der Waals surface area contributed by atoms with Gasteiger partial charge in [-0.2, -0.15) is 0 Å². The van der Waals surface area contributed by atoms with Crippen molar-refractivity contribution in [3.63, 3.8) is 0 Å². The molecule has 0 amide bonds. The maximum atomic E-state index is 11.2. The molecule has 2 nitrogen and oxygen atoms in total. The number of rotatable bonds is 4. The van der Waals surface area contributed by atoms with Gasteiger partial charge in [-0.25, -0.2) is 0 Å². The molecule has 0 heterocycles. The summed E-state index contributed by atoms with van der Waals surface area (Å²) in [4.78, 5) is 11.2. The van der Waals surface area contributed by atoms with Gasteiger partial charge in [0.1, 0.15) is 0 Å². The molecule has 0 aromatic rings. The van der Waals surface area contributed by atoms with Gasteiger partial charge in [0.15, 0.2) is 5.78 Å². The first-order chi connectivity index (χ1) is 4.59. The summed E-state index contributed by atoms with van der Waals surface area (Å²) in [6.07, 6.45) is 0. The topological polar surface area (TPSA) is 29.1 Å². The lowest BCUT2D eigenvalue weighted by molar-refractivity contribution is -0.123. The van der Waals surface area contributed by atoms with Crippen LogP contribution in [0.25, 0.3) is 0 Å². The lowest BCUT2D eigenvalue weighted by Gasteiger charge is -2.12. The smallest absolute Gasteiger partial charge is 0.151 e. The highest BCUT2D eigenvalue weighted by Gasteiger charge is 2.13. The fourth-order valence-electron chi connectivity index (χ4n) is 0.907. The second-order valence-corrected chi connectivity index (χ2v) is 2.84. The molecule has 0 aromatic carbocycles. The molecule has 0 radical (unpaired) electrons. The summed E-state index contributed by atoms with van der Waals surface area (Å²) in [5.74, 6) is 0.441. The number of carbonyl (C=O) groups is 1. The zero-order valence-electron chi connectivity index (χ0n) is 7.27. The molecule has 0 bridgehead atoms. The van der Waals surface area contributed by atoms with E-state index >= 15 is 0 Å². The maximum absolute atomic E-state index is 11.2. The lowest BCUT2D eigenvalue weighted by atomic mass is 10.0. The van der Waals surface area contributed by atoms with Crippen molar-refractivity contribution in [3.05, 3.63) is 0 Å². The van der Waals surface area contributed by atoms with Crippen LogP contribution in [-0.4, -0.2) is 18.4 Å². The molecule has 60 valence electrons. The molecular formula is C8H17NO. The van der Waals surface area contributed by atoms with E-state index in [4.69, 9.17) is 0 Å². The van der Waals surface area contributed by atoms with E-state index in [0.717, 1.165) is 6.54 Å². The highest BCUT2D eigenvalue weighted by molar-refractivity contribution is 5.85. The molecule has 0 aliphatic heterocycles. The van der Waals surface area contributed by atoms with E-state index in [9.17, 15) is 4.79 Å². The van der Waals surface area contributed by atoms with Crippen molar-refractivity contribution in [2.75, 3.05) is 6.54 Å². The minimum absolute atomic E-state index is 0.0185. The van der Waals surface area contributed by atoms with E-state index in [1.807, 2.05) is 27.7 Å². The van der Waals surface area contributed by atoms with Gasteiger partial charge in [0.2, 0.25) is 0 Å². The van der Waals surface area contributed by atoms with Crippen LogP contribution < -0.4 is 5.32 Å². The minimum atomic E-state index is 0.0185. The summed E-state index contributed by atoms with van der Waals surface area (Å²) in [6, 6.07) is 0.0185. The Hall–Kier alpha value is -0.370. The van der Waals surface area contributed by atoms with Gasteiger partial charge in [-0.3, -0.25) is 4.79 Å². The zero-order valence-corrected chi connectivity index (χ0v) is 7.27. The summed E-state index contributed by atoms with van der Waals surface area (Å²) in [7, 11) is 0. The molecular weight excluding hydrogens is 126 g/mol. The van der Waals surface area contributed by atoms with E-state index in [2.05, 4.69) is 5.32 Å². The SMILES string of the molecule is CCN[C@@H](C)C(=O)C(C)C. The molecule has 0 spiro atoms. The Morgan fingerprint density at radius 3 is 2.20 bits per heavy atom. The molecule has 0 fully saturated rings. The van der Waals surface area contributed by atoms with Crippen molar-refractivity contribution in [3.8, 4) is 0 Å². The van der Waals surface area contributed by atoms with Gasteiger partial charge < -0.3 is 5.32 Å². The average Bonchev–Trinajstić information content (AvgIpc) is 1.87. The van der Waals surface area contributed by atoms with Crippen molar-refractivity contribution in [1.82, 2.24) is 5.32 Å². The first-order valence-electron chi connectivity index (χ1n) is 3.86. The van der Waals surface area contributed by atoms with E-state index in [-0.39, 0.29) is 12.0 Å². The van der Waals surface area contributed by atoms with Crippen LogP contribution >= 0.6 is 0 Å². The lowest BCUT2D eigenvalue weighted by Crippen LogP contribution is -2.36. The van der Waals surface area contributed by atoms with Crippen molar-refractivity contribution in [2.24, 2.45) is 5.92 Å². The van der Waals surface area contributed by atoms with Crippen molar-refractivity contribution < 1.29 is 4.79 Å². The highest BCUT2D eigenvalue weighted by Crippen LogP contribution is 1.98. The third-order valence-corrected chi connectivity index (χ3v) is 1.51. The summed E-state index contributed by atoms with van der Waals surface area (Å²) in [5, 5.41) is 3.08. The van der Waals surface area contributed by atoms with E-state index in [0.29, 0.717) is 5.78 Å². The largest absolute Gasteiger partial charge is 0.308 e. The molecule has 0 unspecified atom stereocenters. The van der Waals surface area contributed by atoms with Gasteiger partial charge in [-0.1, -0.05) is 20.8 Å². The Morgan fingerprint density at radius 2 is 1.90 bits per heavy atom. The van der Waals surface area contributed by atoms with Crippen LogP contribution in [0.2, 0.25) is 0 Å². The first kappa shape index (κ1) is 9.63. The fraction of sp³-hybridized carbons (Fsp3) is 0.875. The maximum Gasteiger partial charge on any atom is 0.151 e. The number of Topliss-reactive ketones (excluding diaryl/α,β-unsaturated/α-hetero) is 1. The average molecular weight is 143 g/mol. The van der Waals surface area contributed by atoms with Crippen molar-refractivity contribution in [2.45, 2.75) is 33.7 Å². The normalized spacial score (nSPS) is 13.7. The molecule has 1 N–H and O–H groups in total. The Morgan fingerprint density at radius 1 is 1.40 bits per heavy atom. The van der Waals surface area contributed by atoms with Crippen molar-refractivity contribution >= 4 is 5.78 Å². The number of nitrogens with one attached hydrogen (secondary N) is 1. The molecule has 0 aliphatic rings. The standard InChI is InChI=1S/C8H17NO/c1-5-9-7(4)8(10)6(2)3/h6-7,9H,5H2,1-4H3/t7-/m0/s1. The molecule has 0 aromatic heterocycles. The molecule has 0 saturated carbocycles. The number of hydrogen-bond acceptors (Lipinski definition) is 2. The fourth-order valence-corrected chi connectivity index (χ4v) is 0.907. The highest BCUT2D eigenvalue weighted by atomic mass is 16.1. The number of likely N-dealkylation sites (N-methyl/N-ethyl adjacent to an activating group) is 1. The van der Waals surface area contributed by atoms with Gasteiger partial charge in [-0.05, 0) is 13.5 Å². The number of carbonyl (C=O) groups excluding carboxylic acids is 1. The first-order valence-corrected chi connectivity index (χ1v) is 3.86. The van der Waals surface area contributed by atoms with Crippen LogP contribution in [0.5, 0.6) is 0 Å². The van der Waals surface area contributed by atoms with Crippen LogP contribution in [0.4, 0.5) is 0 Å². The molecule has 2 heteroatoms. The second-order valence-electron chi connectivity index (χ2n) is 2.84. The van der Waals surface area contributed by atoms with Gasteiger partial charge in [-0.15, -0.1) is 0 Å². The van der Waals surface area contributed by atoms with E-state index in [1.54, 1.807) is 0 Å². The monoisotopic (exact) mass is 143 g/mol. The second kappa shape index (κ2) is 4.45. The Bertz CT molecular complexity index is 110. The Kier molecular flexibility index (Phi) is 4.28. The van der Waals surface area contributed by atoms with Gasteiger partial charge in [0.05, 0.1) is 6.04 Å². The minimum Gasteiger partial charge on any atom is -0.308 e. The summed E-state index contributed by atoms with van der Waals surface area (Å²) < 4.78 is 0. The molecule has 10 heavy (non-hydrogen) atoms. The molecule has 1 atom stereocenters. The summed E-state index contributed by atoms with van der Waals surface area (Å²) >= 11 is 0. The third-order valence-electron chi connectivity index (χ3n) is 1.51. The van der Waals surface area contributed by atoms with Gasteiger partial charge in [0, 0.05) is 5.92 Å².